The number of rotatable bonds is 5. The summed E-state index contributed by atoms with van der Waals surface area (Å²) >= 11 is 0. The Bertz CT molecular complexity index is 295. The molecule has 0 unspecified atom stereocenters. The number of aliphatic hydroxyl groups is 4. The van der Waals surface area contributed by atoms with Gasteiger partial charge in [-0.05, 0) is 6.92 Å². The number of hydrogen-bond donors (Lipinski definition) is 8. The Balaban J connectivity index is 0. The quantitative estimate of drug-likeness (QED) is 0.244. The van der Waals surface area contributed by atoms with E-state index in [0.29, 0.717) is 0 Å². The molecule has 0 radical (unpaired) electrons. The van der Waals surface area contributed by atoms with Gasteiger partial charge in [0.15, 0.2) is 0 Å². The summed E-state index contributed by atoms with van der Waals surface area (Å²) in [5.74, 6) is 0. The zero-order valence-corrected chi connectivity index (χ0v) is 11.0. The van der Waals surface area contributed by atoms with E-state index in [1.165, 1.54) is 6.92 Å². The Labute approximate surface area is 102 Å². The molecule has 0 heterocycles. The Morgan fingerprint density at radius 2 is 1.44 bits per heavy atom. The maximum absolute atomic E-state index is 9.63. The van der Waals surface area contributed by atoms with Crippen molar-refractivity contribution in [3.05, 3.63) is 0 Å². The minimum absolute atomic E-state index is 0.548. The van der Waals surface area contributed by atoms with Crippen molar-refractivity contribution in [2.75, 3.05) is 13.2 Å². The van der Waals surface area contributed by atoms with Crippen LogP contribution < -0.4 is 0 Å². The first kappa shape index (κ1) is 20.4. The normalized spacial score (nSPS) is 17.4. The van der Waals surface area contributed by atoms with Gasteiger partial charge in [0.25, 0.3) is 0 Å². The van der Waals surface area contributed by atoms with Crippen molar-refractivity contribution >= 4 is 15.6 Å². The molecule has 0 aliphatic carbocycles. The summed E-state index contributed by atoms with van der Waals surface area (Å²) < 4.78 is 22.2. The molecule has 0 saturated carbocycles. The molecule has 0 bridgehead atoms. The van der Waals surface area contributed by atoms with Crippen LogP contribution in [0.4, 0.5) is 0 Å². The van der Waals surface area contributed by atoms with Crippen LogP contribution in [0.5, 0.6) is 0 Å². The molecule has 0 aromatic heterocycles. The van der Waals surface area contributed by atoms with Crippen LogP contribution in [0.15, 0.2) is 0 Å². The van der Waals surface area contributed by atoms with Crippen molar-refractivity contribution in [1.29, 1.82) is 0 Å². The largest absolute Gasteiger partial charge is 0.478 e. The summed E-state index contributed by atoms with van der Waals surface area (Å²) in [6.07, 6.45) is -1.28. The monoisotopic (exact) mass is 314 g/mol. The topological polar surface area (TPSA) is 205 Å². The summed E-state index contributed by atoms with van der Waals surface area (Å²) in [6.45, 7) is 0.135. The predicted octanol–water partition coefficient (Wildman–Crippen LogP) is -2.73. The highest BCUT2D eigenvalue weighted by molar-refractivity contribution is 7.60. The Morgan fingerprint density at radius 1 is 1.11 bits per heavy atom. The fourth-order valence-corrected chi connectivity index (χ4v) is 1.55. The average molecular weight is 314 g/mol. The Hall–Kier alpha value is 0.100. The lowest BCUT2D eigenvalue weighted by Crippen LogP contribution is -2.44. The molecule has 0 aliphatic rings. The minimum Gasteiger partial charge on any atom is -0.394 e. The molecular formula is C5H16O11P2. The summed E-state index contributed by atoms with van der Waals surface area (Å²) in [7, 11) is -10.1. The molecule has 0 aromatic carbocycles. The van der Waals surface area contributed by atoms with Gasteiger partial charge in [0.1, 0.15) is 11.7 Å². The van der Waals surface area contributed by atoms with Gasteiger partial charge in [-0.1, -0.05) is 0 Å². The minimum atomic E-state index is -5.05. The smallest absolute Gasteiger partial charge is 0.394 e. The lowest BCUT2D eigenvalue weighted by atomic mass is 10.0. The average Bonchev–Trinajstić information content (AvgIpc) is 2.11. The predicted molar refractivity (Wildman–Crippen MR) is 56.0 cm³/mol. The van der Waals surface area contributed by atoms with Gasteiger partial charge in [-0.25, -0.2) is 9.13 Å². The molecule has 2 atom stereocenters. The first-order valence-corrected chi connectivity index (χ1v) is 7.26. The highest BCUT2D eigenvalue weighted by Crippen LogP contribution is 2.53. The van der Waals surface area contributed by atoms with E-state index < -0.39 is 40.6 Å². The maximum atomic E-state index is 9.63. The standard InChI is InChI=1S/C5H12O4.H4O7P2/c1-5(9,3-7)4(8)2-6;1-8(2,3)7-9(4,5)6/h4,6-9H,2-3H2,1H3;(H2,1,2,3)(H2,4,5,6)/t4-,5+;/m1./s1. The number of phosphoric acid groups is 2. The van der Waals surface area contributed by atoms with Crippen LogP contribution in [0.25, 0.3) is 0 Å². The van der Waals surface area contributed by atoms with Crippen LogP contribution in [-0.4, -0.2) is 64.9 Å². The van der Waals surface area contributed by atoms with Crippen molar-refractivity contribution in [2.24, 2.45) is 0 Å². The SMILES string of the molecule is C[C@](O)(CO)[C@H](O)CO.O=P(O)(O)OP(=O)(O)O. The van der Waals surface area contributed by atoms with Gasteiger partial charge in [0, 0.05) is 0 Å². The first-order valence-electron chi connectivity index (χ1n) is 4.20. The second-order valence-corrected chi connectivity index (χ2v) is 5.89. The molecule has 112 valence electrons. The second-order valence-electron chi connectivity index (χ2n) is 3.28. The summed E-state index contributed by atoms with van der Waals surface area (Å²) in [5.41, 5.74) is -1.59. The van der Waals surface area contributed by atoms with E-state index >= 15 is 0 Å². The third kappa shape index (κ3) is 12.6. The molecule has 0 rings (SSSR count). The maximum Gasteiger partial charge on any atom is 0.478 e. The zero-order chi connectivity index (χ0) is 15.2. The molecule has 0 fully saturated rings. The van der Waals surface area contributed by atoms with E-state index in [-0.39, 0.29) is 0 Å². The van der Waals surface area contributed by atoms with Gasteiger partial charge in [0.2, 0.25) is 0 Å². The van der Waals surface area contributed by atoms with Gasteiger partial charge >= 0.3 is 15.6 Å². The highest BCUT2D eigenvalue weighted by Gasteiger charge is 2.28. The Morgan fingerprint density at radius 3 is 1.50 bits per heavy atom. The third-order valence-electron chi connectivity index (χ3n) is 1.42. The van der Waals surface area contributed by atoms with Gasteiger partial charge < -0.3 is 40.0 Å². The highest BCUT2D eigenvalue weighted by atomic mass is 31.3. The molecule has 0 aliphatic heterocycles. The van der Waals surface area contributed by atoms with Crippen LogP contribution in [0.2, 0.25) is 0 Å². The molecule has 0 spiro atoms. The number of hydrogen-bond acceptors (Lipinski definition) is 7. The van der Waals surface area contributed by atoms with Crippen molar-refractivity contribution in [1.82, 2.24) is 0 Å². The Kier molecular flexibility index (Phi) is 8.66. The lowest BCUT2D eigenvalue weighted by Gasteiger charge is -2.24. The van der Waals surface area contributed by atoms with E-state index in [1.54, 1.807) is 0 Å². The zero-order valence-electron chi connectivity index (χ0n) is 9.19. The molecule has 13 heteroatoms. The van der Waals surface area contributed by atoms with Gasteiger partial charge in [-0.2, -0.15) is 4.31 Å². The van der Waals surface area contributed by atoms with Crippen LogP contribution in [0, 0.1) is 0 Å². The summed E-state index contributed by atoms with van der Waals surface area (Å²) in [4.78, 5) is 31.0. The number of aliphatic hydroxyl groups excluding tert-OH is 3. The van der Waals surface area contributed by atoms with Crippen LogP contribution >= 0.6 is 15.6 Å². The van der Waals surface area contributed by atoms with Crippen molar-refractivity contribution in [3.8, 4) is 0 Å². The van der Waals surface area contributed by atoms with E-state index in [4.69, 9.17) is 40.0 Å². The van der Waals surface area contributed by atoms with E-state index in [9.17, 15) is 9.13 Å². The molecule has 8 N–H and O–H groups in total. The molecule has 0 aromatic rings. The van der Waals surface area contributed by atoms with Gasteiger partial charge in [-0.3, -0.25) is 0 Å². The van der Waals surface area contributed by atoms with Crippen molar-refractivity contribution < 1.29 is 53.4 Å². The van der Waals surface area contributed by atoms with Crippen molar-refractivity contribution in [2.45, 2.75) is 18.6 Å². The molecule has 11 nitrogen and oxygen atoms in total. The van der Waals surface area contributed by atoms with Gasteiger partial charge in [-0.15, -0.1) is 0 Å². The molecular weight excluding hydrogens is 298 g/mol. The molecule has 18 heavy (non-hydrogen) atoms. The van der Waals surface area contributed by atoms with Crippen LogP contribution in [-0.2, 0) is 13.4 Å². The van der Waals surface area contributed by atoms with E-state index in [2.05, 4.69) is 4.31 Å². The first-order chi connectivity index (χ1) is 7.75. The fourth-order valence-electron chi connectivity index (χ4n) is 0.441. The van der Waals surface area contributed by atoms with Crippen LogP contribution in [0.3, 0.4) is 0 Å². The van der Waals surface area contributed by atoms with Crippen molar-refractivity contribution in [3.63, 3.8) is 0 Å². The van der Waals surface area contributed by atoms with Gasteiger partial charge in [0.05, 0.1) is 13.2 Å². The summed E-state index contributed by atoms with van der Waals surface area (Å²) in [6, 6.07) is 0. The van der Waals surface area contributed by atoms with Crippen LogP contribution in [0.1, 0.15) is 6.92 Å². The lowest BCUT2D eigenvalue weighted by molar-refractivity contribution is -0.108. The second kappa shape index (κ2) is 7.63. The molecule has 0 saturated heterocycles. The van der Waals surface area contributed by atoms with E-state index in [1.807, 2.05) is 0 Å². The van der Waals surface area contributed by atoms with E-state index in [0.717, 1.165) is 0 Å². The fraction of sp³-hybridized carbons (Fsp3) is 1.00. The molecule has 0 amide bonds. The summed E-state index contributed by atoms with van der Waals surface area (Å²) in [5, 5.41) is 34.3. The third-order valence-corrected chi connectivity index (χ3v) is 3.13.